The van der Waals surface area contributed by atoms with Crippen molar-refractivity contribution in [2.75, 3.05) is 0 Å². The minimum atomic E-state index is 0.370. The van der Waals surface area contributed by atoms with E-state index in [2.05, 4.69) is 9.97 Å². The van der Waals surface area contributed by atoms with Crippen molar-refractivity contribution in [3.05, 3.63) is 36.5 Å². The van der Waals surface area contributed by atoms with E-state index in [9.17, 15) is 0 Å². The summed E-state index contributed by atoms with van der Waals surface area (Å²) >= 11 is 0. The van der Waals surface area contributed by atoms with Gasteiger partial charge in [0.15, 0.2) is 0 Å². The summed E-state index contributed by atoms with van der Waals surface area (Å²) in [5.74, 6) is 1.45. The molecule has 0 saturated heterocycles. The number of hydrogen-bond donors (Lipinski definition) is 2. The van der Waals surface area contributed by atoms with E-state index >= 15 is 0 Å². The number of H-pyrrole nitrogens is 1. The molecule has 4 heteroatoms. The first-order chi connectivity index (χ1) is 8.83. The van der Waals surface area contributed by atoms with E-state index in [1.807, 2.05) is 30.7 Å². The molecule has 0 radical (unpaired) electrons. The lowest BCUT2D eigenvalue weighted by Crippen LogP contribution is -2.26. The average Bonchev–Trinajstić information content (AvgIpc) is 2.94. The molecule has 1 aliphatic carbocycles. The van der Waals surface area contributed by atoms with Gasteiger partial charge in [0.1, 0.15) is 5.82 Å². The number of rotatable bonds is 2. The van der Waals surface area contributed by atoms with Crippen LogP contribution in [0.2, 0.25) is 0 Å². The highest BCUT2D eigenvalue weighted by molar-refractivity contribution is 5.57. The molecule has 2 aromatic rings. The first-order valence-electron chi connectivity index (χ1n) is 6.54. The molecule has 0 spiro atoms. The summed E-state index contributed by atoms with van der Waals surface area (Å²) in [4.78, 5) is 12.2. The molecule has 0 amide bonds. The van der Waals surface area contributed by atoms with Crippen molar-refractivity contribution in [1.29, 1.82) is 0 Å². The zero-order chi connectivity index (χ0) is 12.4. The number of aromatic nitrogens is 3. The third-order valence-electron chi connectivity index (χ3n) is 3.70. The lowest BCUT2D eigenvalue weighted by atomic mass is 9.86. The predicted octanol–water partition coefficient (Wildman–Crippen LogP) is 2.46. The Balaban J connectivity index is 1.83. The summed E-state index contributed by atoms with van der Waals surface area (Å²) in [5, 5.41) is 0. The molecule has 2 heterocycles. The van der Waals surface area contributed by atoms with Crippen LogP contribution in [0, 0.1) is 0 Å². The van der Waals surface area contributed by atoms with Crippen LogP contribution in [0.1, 0.15) is 37.4 Å². The first kappa shape index (κ1) is 11.4. The number of nitrogens with one attached hydrogen (secondary N) is 1. The van der Waals surface area contributed by atoms with Gasteiger partial charge >= 0.3 is 0 Å². The van der Waals surface area contributed by atoms with E-state index < -0.39 is 0 Å². The van der Waals surface area contributed by atoms with Gasteiger partial charge < -0.3 is 10.7 Å². The second-order valence-corrected chi connectivity index (χ2v) is 5.01. The highest BCUT2D eigenvalue weighted by atomic mass is 14.9. The third-order valence-corrected chi connectivity index (χ3v) is 3.70. The molecule has 3 rings (SSSR count). The van der Waals surface area contributed by atoms with Crippen LogP contribution in [0.25, 0.3) is 11.3 Å². The Labute approximate surface area is 107 Å². The van der Waals surface area contributed by atoms with Crippen molar-refractivity contribution in [2.45, 2.75) is 37.6 Å². The fourth-order valence-corrected chi connectivity index (χ4v) is 2.59. The lowest BCUT2D eigenvalue weighted by Gasteiger charge is -2.24. The van der Waals surface area contributed by atoms with Crippen LogP contribution in [0.5, 0.6) is 0 Å². The Morgan fingerprint density at radius 2 is 2.00 bits per heavy atom. The van der Waals surface area contributed by atoms with Crippen molar-refractivity contribution in [3.63, 3.8) is 0 Å². The van der Waals surface area contributed by atoms with Crippen LogP contribution in [0.4, 0.5) is 0 Å². The number of nitrogens with zero attached hydrogens (tertiary/aromatic N) is 2. The summed E-state index contributed by atoms with van der Waals surface area (Å²) in [6.45, 7) is 0. The smallest absolute Gasteiger partial charge is 0.132 e. The van der Waals surface area contributed by atoms with Gasteiger partial charge in [0.25, 0.3) is 0 Å². The average molecular weight is 242 g/mol. The Bertz CT molecular complexity index is 498. The maximum absolute atomic E-state index is 5.94. The quantitative estimate of drug-likeness (QED) is 0.850. The van der Waals surface area contributed by atoms with Gasteiger partial charge in [-0.2, -0.15) is 0 Å². The maximum Gasteiger partial charge on any atom is 0.132 e. The molecule has 0 aliphatic heterocycles. The predicted molar refractivity (Wildman–Crippen MR) is 71.0 cm³/mol. The Hall–Kier alpha value is -1.68. The van der Waals surface area contributed by atoms with E-state index in [0.717, 1.165) is 42.8 Å². The van der Waals surface area contributed by atoms with Gasteiger partial charge in [-0.3, -0.25) is 0 Å². The van der Waals surface area contributed by atoms with E-state index in [1.165, 1.54) is 0 Å². The SMILES string of the molecule is NC1CCC(c2nccc(-c3cc[nH]c3)n2)CC1. The van der Waals surface area contributed by atoms with E-state index in [-0.39, 0.29) is 0 Å². The van der Waals surface area contributed by atoms with E-state index in [0.29, 0.717) is 12.0 Å². The second kappa shape index (κ2) is 4.90. The van der Waals surface area contributed by atoms with E-state index in [4.69, 9.17) is 10.7 Å². The number of hydrogen-bond acceptors (Lipinski definition) is 3. The van der Waals surface area contributed by atoms with Crippen molar-refractivity contribution in [2.24, 2.45) is 5.73 Å². The summed E-state index contributed by atoms with van der Waals surface area (Å²) in [6.07, 6.45) is 10.1. The fraction of sp³-hybridized carbons (Fsp3) is 0.429. The summed E-state index contributed by atoms with van der Waals surface area (Å²) in [7, 11) is 0. The zero-order valence-corrected chi connectivity index (χ0v) is 10.3. The van der Waals surface area contributed by atoms with Crippen LogP contribution >= 0.6 is 0 Å². The van der Waals surface area contributed by atoms with Crippen LogP contribution in [0.15, 0.2) is 30.7 Å². The van der Waals surface area contributed by atoms with Crippen LogP contribution in [0.3, 0.4) is 0 Å². The molecule has 1 fully saturated rings. The second-order valence-electron chi connectivity index (χ2n) is 5.01. The van der Waals surface area contributed by atoms with Crippen molar-refractivity contribution < 1.29 is 0 Å². The van der Waals surface area contributed by atoms with Gasteiger partial charge in [-0.25, -0.2) is 9.97 Å². The molecule has 94 valence electrons. The van der Waals surface area contributed by atoms with Gasteiger partial charge in [0.2, 0.25) is 0 Å². The summed E-state index contributed by atoms with van der Waals surface area (Å²) < 4.78 is 0. The zero-order valence-electron chi connectivity index (χ0n) is 10.3. The highest BCUT2D eigenvalue weighted by Crippen LogP contribution is 2.30. The Morgan fingerprint density at radius 1 is 1.17 bits per heavy atom. The Morgan fingerprint density at radius 3 is 2.72 bits per heavy atom. The third kappa shape index (κ3) is 2.29. The van der Waals surface area contributed by atoms with Crippen molar-refractivity contribution in [1.82, 2.24) is 15.0 Å². The van der Waals surface area contributed by atoms with Crippen LogP contribution < -0.4 is 5.73 Å². The fourth-order valence-electron chi connectivity index (χ4n) is 2.59. The summed E-state index contributed by atoms with van der Waals surface area (Å²) in [6, 6.07) is 4.36. The highest BCUT2D eigenvalue weighted by Gasteiger charge is 2.22. The monoisotopic (exact) mass is 242 g/mol. The summed E-state index contributed by atoms with van der Waals surface area (Å²) in [5.41, 5.74) is 8.05. The van der Waals surface area contributed by atoms with Gasteiger partial charge in [-0.15, -0.1) is 0 Å². The van der Waals surface area contributed by atoms with Gasteiger partial charge in [0, 0.05) is 36.1 Å². The molecule has 0 atom stereocenters. The molecule has 0 unspecified atom stereocenters. The number of nitrogens with two attached hydrogens (primary N) is 1. The molecule has 2 aromatic heterocycles. The molecule has 0 bridgehead atoms. The van der Waals surface area contributed by atoms with Crippen LogP contribution in [-0.4, -0.2) is 21.0 Å². The van der Waals surface area contributed by atoms with E-state index in [1.54, 1.807) is 0 Å². The molecule has 4 nitrogen and oxygen atoms in total. The largest absolute Gasteiger partial charge is 0.367 e. The standard InChI is InChI=1S/C14H18N4/c15-12-3-1-10(2-4-12)14-17-8-6-13(18-14)11-5-7-16-9-11/h5-10,12,16H,1-4,15H2. The van der Waals surface area contributed by atoms with Gasteiger partial charge in [0.05, 0.1) is 5.69 Å². The first-order valence-corrected chi connectivity index (χ1v) is 6.54. The van der Waals surface area contributed by atoms with Gasteiger partial charge in [-0.1, -0.05) is 0 Å². The molecular formula is C14H18N4. The molecule has 0 aromatic carbocycles. The molecule has 1 aliphatic rings. The molecular weight excluding hydrogens is 224 g/mol. The van der Waals surface area contributed by atoms with Crippen molar-refractivity contribution >= 4 is 0 Å². The Kier molecular flexibility index (Phi) is 3.11. The topological polar surface area (TPSA) is 67.6 Å². The molecule has 18 heavy (non-hydrogen) atoms. The van der Waals surface area contributed by atoms with Crippen molar-refractivity contribution in [3.8, 4) is 11.3 Å². The molecule has 3 N–H and O–H groups in total. The van der Waals surface area contributed by atoms with Gasteiger partial charge in [-0.05, 0) is 37.8 Å². The lowest BCUT2D eigenvalue weighted by molar-refractivity contribution is 0.385. The molecule has 1 saturated carbocycles. The normalized spacial score (nSPS) is 24.1. The minimum absolute atomic E-state index is 0.370. The minimum Gasteiger partial charge on any atom is -0.367 e. The maximum atomic E-state index is 5.94. The number of aromatic amines is 1. The van der Waals surface area contributed by atoms with Crippen LogP contribution in [-0.2, 0) is 0 Å².